The highest BCUT2D eigenvalue weighted by Gasteiger charge is 2.52. The maximum absolute atomic E-state index is 12.4. The van der Waals surface area contributed by atoms with E-state index in [1.807, 2.05) is 13.8 Å². The number of nitrogens with zero attached hydrogens (tertiary/aromatic N) is 1. The molecule has 1 spiro atoms. The largest absolute Gasteiger partial charge is 0.454 e. The number of ether oxygens (including phenoxy) is 1. The molecule has 1 saturated heterocycles. The van der Waals surface area contributed by atoms with Gasteiger partial charge in [-0.2, -0.15) is 0 Å². The van der Waals surface area contributed by atoms with Crippen LogP contribution < -0.4 is 10.6 Å². The predicted molar refractivity (Wildman–Crippen MR) is 84.9 cm³/mol. The van der Waals surface area contributed by atoms with E-state index in [1.165, 1.54) is 0 Å². The van der Waals surface area contributed by atoms with Crippen LogP contribution in [-0.4, -0.2) is 54.0 Å². The Morgan fingerprint density at radius 2 is 1.96 bits per heavy atom. The van der Waals surface area contributed by atoms with Gasteiger partial charge in [0.25, 0.3) is 11.8 Å². The average Bonchev–Trinajstić information content (AvgIpc) is 3.06. The van der Waals surface area contributed by atoms with Crippen LogP contribution >= 0.6 is 0 Å². The minimum absolute atomic E-state index is 0.372. The summed E-state index contributed by atoms with van der Waals surface area (Å²) in [7, 11) is 0. The quantitative estimate of drug-likeness (QED) is 0.521. The molecular weight excluding hydrogens is 314 g/mol. The number of rotatable bonds is 7. The number of esters is 1. The van der Waals surface area contributed by atoms with Crippen molar-refractivity contribution >= 4 is 23.8 Å². The van der Waals surface area contributed by atoms with E-state index in [9.17, 15) is 19.2 Å². The molecule has 0 bridgehead atoms. The van der Waals surface area contributed by atoms with Crippen LogP contribution in [0.15, 0.2) is 0 Å². The number of hydrogen-bond donors (Lipinski definition) is 2. The van der Waals surface area contributed by atoms with E-state index in [0.717, 1.165) is 24.2 Å². The number of hydrogen-bond acceptors (Lipinski definition) is 5. The van der Waals surface area contributed by atoms with Gasteiger partial charge < -0.3 is 15.4 Å². The minimum Gasteiger partial charge on any atom is -0.454 e. The molecule has 24 heavy (non-hydrogen) atoms. The summed E-state index contributed by atoms with van der Waals surface area (Å²) in [6, 6.07) is -0.569. The van der Waals surface area contributed by atoms with Gasteiger partial charge in [0.05, 0.1) is 0 Å². The van der Waals surface area contributed by atoms with Crippen LogP contribution in [0.4, 0.5) is 4.79 Å². The Bertz CT molecular complexity index is 526. The van der Waals surface area contributed by atoms with Gasteiger partial charge in [-0.25, -0.2) is 4.79 Å². The third-order valence-electron chi connectivity index (χ3n) is 4.40. The maximum atomic E-state index is 12.4. The Hall–Kier alpha value is -2.12. The molecule has 2 aliphatic rings. The van der Waals surface area contributed by atoms with Gasteiger partial charge in [0, 0.05) is 6.54 Å². The first-order valence-electron chi connectivity index (χ1n) is 8.40. The van der Waals surface area contributed by atoms with Gasteiger partial charge in [-0.05, 0) is 25.2 Å². The van der Waals surface area contributed by atoms with Crippen LogP contribution in [0.5, 0.6) is 0 Å². The second kappa shape index (κ2) is 7.63. The van der Waals surface area contributed by atoms with Crippen LogP contribution in [0.1, 0.15) is 46.0 Å². The second-order valence-corrected chi connectivity index (χ2v) is 6.80. The lowest BCUT2D eigenvalue weighted by atomic mass is 9.98. The first-order chi connectivity index (χ1) is 11.3. The lowest BCUT2D eigenvalue weighted by Gasteiger charge is -2.19. The molecule has 0 aromatic rings. The molecule has 0 atom stereocenters. The Balaban J connectivity index is 1.75. The minimum atomic E-state index is -0.842. The average molecular weight is 339 g/mol. The molecule has 2 N–H and O–H groups in total. The van der Waals surface area contributed by atoms with E-state index < -0.39 is 36.6 Å². The van der Waals surface area contributed by atoms with Crippen molar-refractivity contribution in [3.8, 4) is 0 Å². The second-order valence-electron chi connectivity index (χ2n) is 6.80. The Morgan fingerprint density at radius 1 is 1.29 bits per heavy atom. The molecule has 2 rings (SSSR count). The van der Waals surface area contributed by atoms with E-state index >= 15 is 0 Å². The number of carbonyl (C=O) groups is 4. The Kier molecular flexibility index (Phi) is 5.80. The van der Waals surface area contributed by atoms with E-state index in [1.54, 1.807) is 0 Å². The van der Waals surface area contributed by atoms with E-state index in [0.29, 0.717) is 25.3 Å². The highest BCUT2D eigenvalue weighted by Crippen LogP contribution is 2.34. The van der Waals surface area contributed by atoms with Gasteiger partial charge >= 0.3 is 12.0 Å². The molecule has 1 aliphatic carbocycles. The summed E-state index contributed by atoms with van der Waals surface area (Å²) in [5.74, 6) is -1.07. The summed E-state index contributed by atoms with van der Waals surface area (Å²) < 4.78 is 4.85. The van der Waals surface area contributed by atoms with Crippen molar-refractivity contribution < 1.29 is 23.9 Å². The molecule has 134 valence electrons. The highest BCUT2D eigenvalue weighted by molar-refractivity contribution is 6.08. The Labute approximate surface area is 141 Å². The summed E-state index contributed by atoms with van der Waals surface area (Å²) in [4.78, 5) is 48.5. The molecule has 1 heterocycles. The van der Waals surface area contributed by atoms with E-state index in [4.69, 9.17) is 4.74 Å². The van der Waals surface area contributed by atoms with Crippen molar-refractivity contribution in [2.45, 2.75) is 51.5 Å². The number of nitrogens with one attached hydrogen (secondary N) is 2. The molecule has 4 amide bonds. The van der Waals surface area contributed by atoms with Gasteiger partial charge in [0.15, 0.2) is 6.61 Å². The fourth-order valence-electron chi connectivity index (χ4n) is 3.01. The van der Waals surface area contributed by atoms with Crippen LogP contribution in [-0.2, 0) is 19.1 Å². The zero-order valence-electron chi connectivity index (χ0n) is 14.2. The normalized spacial score (nSPS) is 19.0. The standard InChI is InChI=1S/C16H25N3O5/c1-11(2)5-8-17-12(20)10-24-13(21)9-19-14(22)16(18-15(19)23)6-3-4-7-16/h11H,3-10H2,1-2H3,(H,17,20)(H,18,23). The summed E-state index contributed by atoms with van der Waals surface area (Å²) >= 11 is 0. The zero-order valence-corrected chi connectivity index (χ0v) is 14.2. The molecule has 0 unspecified atom stereocenters. The number of urea groups is 1. The molecule has 0 radical (unpaired) electrons. The van der Waals surface area contributed by atoms with Crippen molar-refractivity contribution in [1.82, 2.24) is 15.5 Å². The first-order valence-corrected chi connectivity index (χ1v) is 8.40. The first kappa shape index (κ1) is 18.2. The van der Waals surface area contributed by atoms with Crippen LogP contribution in [0.25, 0.3) is 0 Å². The van der Waals surface area contributed by atoms with Crippen LogP contribution in [0.3, 0.4) is 0 Å². The topological polar surface area (TPSA) is 105 Å². The monoisotopic (exact) mass is 339 g/mol. The molecular formula is C16H25N3O5. The SMILES string of the molecule is CC(C)CCNC(=O)COC(=O)CN1C(=O)NC2(CCCC2)C1=O. The fourth-order valence-corrected chi connectivity index (χ4v) is 3.01. The highest BCUT2D eigenvalue weighted by atomic mass is 16.5. The van der Waals surface area contributed by atoms with Gasteiger partial charge in [-0.15, -0.1) is 0 Å². The van der Waals surface area contributed by atoms with Crippen molar-refractivity contribution in [2.75, 3.05) is 19.7 Å². The molecule has 0 aromatic carbocycles. The summed E-state index contributed by atoms with van der Waals surface area (Å²) in [5, 5.41) is 5.33. The summed E-state index contributed by atoms with van der Waals surface area (Å²) in [6.07, 6.45) is 3.79. The molecule has 1 aliphatic heterocycles. The van der Waals surface area contributed by atoms with Crippen molar-refractivity contribution in [3.05, 3.63) is 0 Å². The molecule has 1 saturated carbocycles. The molecule has 2 fully saturated rings. The third-order valence-corrected chi connectivity index (χ3v) is 4.40. The number of carbonyl (C=O) groups excluding carboxylic acids is 4. The van der Waals surface area contributed by atoms with Gasteiger partial charge in [-0.1, -0.05) is 26.7 Å². The van der Waals surface area contributed by atoms with Crippen LogP contribution in [0, 0.1) is 5.92 Å². The van der Waals surface area contributed by atoms with E-state index in [2.05, 4.69) is 10.6 Å². The molecule has 8 nitrogen and oxygen atoms in total. The van der Waals surface area contributed by atoms with Crippen molar-refractivity contribution in [2.24, 2.45) is 5.92 Å². The van der Waals surface area contributed by atoms with Crippen LogP contribution in [0.2, 0.25) is 0 Å². The smallest absolute Gasteiger partial charge is 0.326 e. The van der Waals surface area contributed by atoms with Gasteiger partial charge in [-0.3, -0.25) is 19.3 Å². The Morgan fingerprint density at radius 3 is 2.58 bits per heavy atom. The lowest BCUT2D eigenvalue weighted by Crippen LogP contribution is -2.44. The van der Waals surface area contributed by atoms with Gasteiger partial charge in [0.1, 0.15) is 12.1 Å². The van der Waals surface area contributed by atoms with Gasteiger partial charge in [0.2, 0.25) is 0 Å². The summed E-state index contributed by atoms with van der Waals surface area (Å²) in [5.41, 5.74) is -0.842. The molecule has 8 heteroatoms. The summed E-state index contributed by atoms with van der Waals surface area (Å²) in [6.45, 7) is 3.73. The maximum Gasteiger partial charge on any atom is 0.326 e. The van der Waals surface area contributed by atoms with E-state index in [-0.39, 0.29) is 5.91 Å². The lowest BCUT2D eigenvalue weighted by molar-refractivity contribution is -0.151. The number of imide groups is 1. The number of amides is 4. The van der Waals surface area contributed by atoms with Crippen molar-refractivity contribution in [1.29, 1.82) is 0 Å². The predicted octanol–water partition coefficient (Wildman–Crippen LogP) is 0.557. The zero-order chi connectivity index (χ0) is 17.7. The van der Waals surface area contributed by atoms with Crippen molar-refractivity contribution in [3.63, 3.8) is 0 Å². The fraction of sp³-hybridized carbons (Fsp3) is 0.750. The third kappa shape index (κ3) is 4.24. The molecule has 0 aromatic heterocycles.